The van der Waals surface area contributed by atoms with Crippen LogP contribution in [0.2, 0.25) is 10.0 Å². The Balaban J connectivity index is 1.32. The van der Waals surface area contributed by atoms with Gasteiger partial charge in [-0.2, -0.15) is 0 Å². The van der Waals surface area contributed by atoms with E-state index in [4.69, 9.17) is 37.6 Å². The number of carbonyl (C=O) groups excluding carboxylic acids is 1. The summed E-state index contributed by atoms with van der Waals surface area (Å²) in [6.45, 7) is 3.82. The predicted molar refractivity (Wildman–Crippen MR) is 153 cm³/mol. The van der Waals surface area contributed by atoms with Crippen molar-refractivity contribution in [3.63, 3.8) is 0 Å². The van der Waals surface area contributed by atoms with Crippen LogP contribution >= 0.6 is 23.2 Å². The van der Waals surface area contributed by atoms with Crippen molar-refractivity contribution in [3.8, 4) is 17.0 Å². The van der Waals surface area contributed by atoms with E-state index in [-0.39, 0.29) is 24.1 Å². The van der Waals surface area contributed by atoms with Crippen molar-refractivity contribution in [2.75, 3.05) is 4.90 Å². The number of carboxylic acids is 1. The van der Waals surface area contributed by atoms with Crippen molar-refractivity contribution >= 4 is 40.8 Å². The normalized spacial score (nSPS) is 17.6. The van der Waals surface area contributed by atoms with Crippen molar-refractivity contribution in [2.45, 2.75) is 50.0 Å². The number of amides is 1. The Hall–Kier alpha value is -3.88. The van der Waals surface area contributed by atoms with Gasteiger partial charge in [0, 0.05) is 11.5 Å². The number of aliphatic carboxylic acids is 1. The highest BCUT2D eigenvalue weighted by molar-refractivity contribution is 6.39. The molecule has 2 aliphatic carbocycles. The van der Waals surface area contributed by atoms with Crippen LogP contribution in [-0.4, -0.2) is 22.1 Å². The van der Waals surface area contributed by atoms with Crippen LogP contribution in [0.25, 0.3) is 11.3 Å². The molecule has 2 saturated carbocycles. The fourth-order valence-electron chi connectivity index (χ4n) is 5.35. The molecule has 2 fully saturated rings. The van der Waals surface area contributed by atoms with Crippen LogP contribution in [0.1, 0.15) is 54.9 Å². The zero-order chi connectivity index (χ0) is 28.9. The largest absolute Gasteiger partial charge is 0.489 e. The summed E-state index contributed by atoms with van der Waals surface area (Å²) in [6, 6.07) is 10.6. The third-order valence-electron chi connectivity index (χ3n) is 7.61. The van der Waals surface area contributed by atoms with Crippen LogP contribution < -0.4 is 9.64 Å². The smallest absolute Gasteiger partial charge is 0.310 e. The number of hydrogen-bond acceptors (Lipinski definition) is 5. The predicted octanol–water partition coefficient (Wildman–Crippen LogP) is 7.88. The highest BCUT2D eigenvalue weighted by atomic mass is 35.5. The first kappa shape index (κ1) is 27.3. The number of fused-ring (bicyclic) bond motifs is 2. The summed E-state index contributed by atoms with van der Waals surface area (Å²) in [5.74, 6) is -0.795. The van der Waals surface area contributed by atoms with Crippen molar-refractivity contribution in [2.24, 2.45) is 0 Å². The second kappa shape index (κ2) is 10.5. The van der Waals surface area contributed by atoms with Gasteiger partial charge in [0.15, 0.2) is 0 Å². The Morgan fingerprint density at radius 3 is 2.61 bits per heavy atom. The SMILES string of the molecule is C=C/C=C(\C=C(\F)CC(=O)O)N1C(=O)C2(CC2)c2cc(OCc3c(-c4c(Cl)cccc4Cl)noc3C3CC3)ccc21. The second-order valence-corrected chi connectivity index (χ2v) is 11.2. The first-order valence-corrected chi connectivity index (χ1v) is 13.9. The quantitative estimate of drug-likeness (QED) is 0.240. The molecule has 7 nitrogen and oxygen atoms in total. The van der Waals surface area contributed by atoms with Gasteiger partial charge in [0.25, 0.3) is 0 Å². The molecule has 1 aliphatic heterocycles. The van der Waals surface area contributed by atoms with E-state index in [0.717, 1.165) is 35.8 Å². The number of nitrogens with zero attached hydrogens (tertiary/aromatic N) is 2. The zero-order valence-corrected chi connectivity index (χ0v) is 23.3. The molecule has 210 valence electrons. The van der Waals surface area contributed by atoms with E-state index >= 15 is 0 Å². The van der Waals surface area contributed by atoms with Crippen LogP contribution in [0.15, 0.2) is 77.3 Å². The van der Waals surface area contributed by atoms with Crippen LogP contribution in [0.3, 0.4) is 0 Å². The Morgan fingerprint density at radius 2 is 1.98 bits per heavy atom. The van der Waals surface area contributed by atoms with E-state index in [1.165, 1.54) is 17.1 Å². The number of benzene rings is 2. The van der Waals surface area contributed by atoms with Gasteiger partial charge >= 0.3 is 5.97 Å². The average molecular weight is 595 g/mol. The van der Waals surface area contributed by atoms with E-state index in [2.05, 4.69) is 11.7 Å². The molecule has 2 heterocycles. The molecular weight excluding hydrogens is 570 g/mol. The summed E-state index contributed by atoms with van der Waals surface area (Å²) >= 11 is 13.0. The highest BCUT2D eigenvalue weighted by Gasteiger charge is 2.59. The number of anilines is 1. The molecule has 0 bridgehead atoms. The average Bonchev–Trinajstić information content (AvgIpc) is 3.85. The summed E-state index contributed by atoms with van der Waals surface area (Å²) in [6.07, 6.45) is 6.49. The van der Waals surface area contributed by atoms with Crippen LogP contribution in [0.4, 0.5) is 10.1 Å². The lowest BCUT2D eigenvalue weighted by atomic mass is 9.98. The highest BCUT2D eigenvalue weighted by Crippen LogP contribution is 2.59. The molecule has 3 aliphatic rings. The van der Waals surface area contributed by atoms with Gasteiger partial charge in [0.2, 0.25) is 5.91 Å². The molecule has 1 spiro atoms. The Kier molecular flexibility index (Phi) is 6.99. The first-order chi connectivity index (χ1) is 19.7. The van der Waals surface area contributed by atoms with Crippen molar-refractivity contribution in [3.05, 3.63) is 99.7 Å². The van der Waals surface area contributed by atoms with Crippen molar-refractivity contribution < 1.29 is 28.3 Å². The van der Waals surface area contributed by atoms with Crippen molar-refractivity contribution in [1.29, 1.82) is 0 Å². The van der Waals surface area contributed by atoms with Crippen LogP contribution in [-0.2, 0) is 21.6 Å². The lowest BCUT2D eigenvalue weighted by Gasteiger charge is -2.19. The van der Waals surface area contributed by atoms with Crippen molar-refractivity contribution in [1.82, 2.24) is 5.16 Å². The molecule has 6 rings (SSSR count). The number of aromatic nitrogens is 1. The van der Waals surface area contributed by atoms with Crippen LogP contribution in [0.5, 0.6) is 5.75 Å². The zero-order valence-electron chi connectivity index (χ0n) is 21.8. The molecule has 1 amide bonds. The monoisotopic (exact) mass is 594 g/mol. The lowest BCUT2D eigenvalue weighted by molar-refractivity contribution is -0.136. The van der Waals surface area contributed by atoms with Gasteiger partial charge in [-0.3, -0.25) is 14.5 Å². The van der Waals surface area contributed by atoms with E-state index in [9.17, 15) is 14.0 Å². The summed E-state index contributed by atoms with van der Waals surface area (Å²) in [5, 5.41) is 14.2. The summed E-state index contributed by atoms with van der Waals surface area (Å²) in [4.78, 5) is 26.0. The Labute approximate surface area is 245 Å². The number of rotatable bonds is 10. The second-order valence-electron chi connectivity index (χ2n) is 10.4. The summed E-state index contributed by atoms with van der Waals surface area (Å²) < 4.78 is 26.4. The lowest BCUT2D eigenvalue weighted by Crippen LogP contribution is -2.31. The molecule has 0 unspecified atom stereocenters. The number of halogens is 3. The molecule has 1 N–H and O–H groups in total. The van der Waals surface area contributed by atoms with Gasteiger partial charge in [0.1, 0.15) is 29.6 Å². The standard InChI is InChI=1S/C31H25Cl2FN2O5/c1-2-4-19(13-18(34)14-26(37)38)36-25-10-9-20(15-22(25)31(11-12-31)30(36)39)40-16-21-28(35-41-29(21)17-7-8-17)27-23(32)5-3-6-24(27)33/h2-6,9-10,13,15,17H,1,7-8,11-12,14,16H2,(H,37,38)/b18-13+,19-4+. The van der Waals surface area contributed by atoms with Gasteiger partial charge in [-0.25, -0.2) is 4.39 Å². The molecule has 41 heavy (non-hydrogen) atoms. The molecule has 0 atom stereocenters. The minimum absolute atomic E-state index is 0.153. The number of ether oxygens (including phenoxy) is 1. The minimum Gasteiger partial charge on any atom is -0.489 e. The van der Waals surface area contributed by atoms with Gasteiger partial charge in [-0.1, -0.05) is 47.1 Å². The molecule has 2 aromatic carbocycles. The number of carbonyl (C=O) groups is 2. The molecule has 0 radical (unpaired) electrons. The molecule has 10 heteroatoms. The van der Waals surface area contributed by atoms with Gasteiger partial charge in [-0.05, 0) is 73.7 Å². The van der Waals surface area contributed by atoms with Crippen LogP contribution in [0, 0.1) is 0 Å². The Bertz CT molecular complexity index is 1630. The van der Waals surface area contributed by atoms with Gasteiger partial charge < -0.3 is 14.4 Å². The van der Waals surface area contributed by atoms with E-state index in [1.807, 2.05) is 6.07 Å². The number of allylic oxidation sites excluding steroid dienone is 3. The maximum atomic E-state index is 14.4. The molecule has 3 aromatic rings. The third kappa shape index (κ3) is 4.96. The Morgan fingerprint density at radius 1 is 1.24 bits per heavy atom. The number of carboxylic acid groups (broad SMARTS) is 1. The molecular formula is C31H25Cl2FN2O5. The van der Waals surface area contributed by atoms with E-state index < -0.39 is 23.6 Å². The van der Waals surface area contributed by atoms with E-state index in [1.54, 1.807) is 30.3 Å². The van der Waals surface area contributed by atoms with Gasteiger partial charge in [-0.15, -0.1) is 0 Å². The third-order valence-corrected chi connectivity index (χ3v) is 8.24. The summed E-state index contributed by atoms with van der Waals surface area (Å²) in [7, 11) is 0. The topological polar surface area (TPSA) is 92.9 Å². The fraction of sp³-hybridized carbons (Fsp3) is 0.258. The van der Waals surface area contributed by atoms with Gasteiger partial charge in [0.05, 0.1) is 38.8 Å². The maximum Gasteiger partial charge on any atom is 0.310 e. The first-order valence-electron chi connectivity index (χ1n) is 13.2. The maximum absolute atomic E-state index is 14.4. The molecule has 1 aromatic heterocycles. The van der Waals surface area contributed by atoms with E-state index in [0.29, 0.717) is 45.6 Å². The minimum atomic E-state index is -1.30. The molecule has 0 saturated heterocycles. The fourth-order valence-corrected chi connectivity index (χ4v) is 5.93. The number of hydrogen-bond donors (Lipinski definition) is 1. The summed E-state index contributed by atoms with van der Waals surface area (Å²) in [5.41, 5.74) is 2.77.